The van der Waals surface area contributed by atoms with Crippen molar-refractivity contribution in [2.75, 3.05) is 6.61 Å². The molecule has 3 N–H and O–H groups in total. The number of rotatable bonds is 6. The number of nitrogens with one attached hydrogen (secondary N) is 1. The lowest BCUT2D eigenvalue weighted by Crippen LogP contribution is -2.39. The first-order valence-electron chi connectivity index (χ1n) is 6.67. The van der Waals surface area contributed by atoms with Gasteiger partial charge in [-0.25, -0.2) is 13.6 Å². The summed E-state index contributed by atoms with van der Waals surface area (Å²) in [5.41, 5.74) is 0.603. The number of hydrogen-bond donors (Lipinski definition) is 2. The normalized spacial score (nSPS) is 13.0. The van der Waals surface area contributed by atoms with E-state index in [0.717, 1.165) is 0 Å². The number of aryl methyl sites for hydroxylation is 1. The highest BCUT2D eigenvalue weighted by Gasteiger charge is 2.13. The Balaban J connectivity index is 2.67. The van der Waals surface area contributed by atoms with Crippen LogP contribution >= 0.6 is 0 Å². The van der Waals surface area contributed by atoms with E-state index < -0.39 is 10.0 Å². The van der Waals surface area contributed by atoms with Crippen molar-refractivity contribution in [3.05, 3.63) is 23.8 Å². The van der Waals surface area contributed by atoms with Gasteiger partial charge in [-0.2, -0.15) is 0 Å². The largest absolute Gasteiger partial charge is 0.484 e. The van der Waals surface area contributed by atoms with Crippen molar-refractivity contribution < 1.29 is 17.9 Å². The van der Waals surface area contributed by atoms with Gasteiger partial charge in [-0.3, -0.25) is 4.79 Å². The minimum atomic E-state index is -3.73. The molecule has 0 bridgehead atoms. The molecule has 0 aliphatic carbocycles. The summed E-state index contributed by atoms with van der Waals surface area (Å²) in [4.78, 5) is 11.7. The van der Waals surface area contributed by atoms with E-state index in [1.165, 1.54) is 18.2 Å². The lowest BCUT2D eigenvalue weighted by molar-refractivity contribution is -0.124. The van der Waals surface area contributed by atoms with Crippen LogP contribution in [0.25, 0.3) is 0 Å². The van der Waals surface area contributed by atoms with Crippen molar-refractivity contribution in [1.82, 2.24) is 5.32 Å². The van der Waals surface area contributed by atoms with Crippen molar-refractivity contribution in [3.63, 3.8) is 0 Å². The second-order valence-corrected chi connectivity index (χ2v) is 6.92. The molecule has 118 valence electrons. The number of nitrogens with two attached hydrogens (primary N) is 1. The first-order valence-corrected chi connectivity index (χ1v) is 8.21. The Kier molecular flexibility index (Phi) is 5.74. The second-order valence-electron chi connectivity index (χ2n) is 5.36. The molecule has 1 atom stereocenters. The summed E-state index contributed by atoms with van der Waals surface area (Å²) in [7, 11) is -3.73. The summed E-state index contributed by atoms with van der Waals surface area (Å²) in [5, 5.41) is 7.87. The van der Waals surface area contributed by atoms with Crippen LogP contribution in [0.2, 0.25) is 0 Å². The van der Waals surface area contributed by atoms with E-state index >= 15 is 0 Å². The van der Waals surface area contributed by atoms with E-state index in [-0.39, 0.29) is 23.5 Å². The van der Waals surface area contributed by atoms with E-state index in [1.807, 2.05) is 20.8 Å². The van der Waals surface area contributed by atoms with E-state index in [0.29, 0.717) is 17.2 Å². The first kappa shape index (κ1) is 17.5. The molecule has 21 heavy (non-hydrogen) atoms. The van der Waals surface area contributed by atoms with Crippen molar-refractivity contribution in [2.45, 2.75) is 38.6 Å². The number of sulfonamides is 1. The fourth-order valence-corrected chi connectivity index (χ4v) is 2.17. The molecule has 0 heterocycles. The molecule has 0 saturated carbocycles. The predicted octanol–water partition coefficient (Wildman–Crippen LogP) is 1.18. The van der Waals surface area contributed by atoms with Crippen LogP contribution in [0.4, 0.5) is 0 Å². The van der Waals surface area contributed by atoms with Crippen LogP contribution in [0.15, 0.2) is 23.1 Å². The fraction of sp³-hybridized carbons (Fsp3) is 0.500. The van der Waals surface area contributed by atoms with Crippen molar-refractivity contribution >= 4 is 15.9 Å². The van der Waals surface area contributed by atoms with Crippen molar-refractivity contribution in [3.8, 4) is 5.75 Å². The van der Waals surface area contributed by atoms with Gasteiger partial charge in [-0.05, 0) is 43.5 Å². The molecule has 1 aromatic rings. The zero-order valence-electron chi connectivity index (χ0n) is 12.7. The average molecular weight is 314 g/mol. The number of ether oxygens (including phenoxy) is 1. The maximum absolute atomic E-state index is 11.7. The summed E-state index contributed by atoms with van der Waals surface area (Å²) >= 11 is 0. The number of benzene rings is 1. The van der Waals surface area contributed by atoms with Gasteiger partial charge in [0, 0.05) is 6.04 Å². The summed E-state index contributed by atoms with van der Waals surface area (Å²) in [5.74, 6) is 0.575. The Bertz CT molecular complexity index is 611. The Labute approximate surface area is 125 Å². The highest BCUT2D eigenvalue weighted by atomic mass is 32.2. The molecule has 1 unspecified atom stereocenters. The Morgan fingerprint density at radius 2 is 1.95 bits per heavy atom. The highest BCUT2D eigenvalue weighted by Crippen LogP contribution is 2.21. The predicted molar refractivity (Wildman–Crippen MR) is 80.5 cm³/mol. The summed E-state index contributed by atoms with van der Waals surface area (Å²) in [6.45, 7) is 7.53. The molecule has 6 nitrogen and oxygen atoms in total. The highest BCUT2D eigenvalue weighted by molar-refractivity contribution is 7.89. The van der Waals surface area contributed by atoms with E-state index in [2.05, 4.69) is 5.32 Å². The molecular formula is C14H22N2O4S. The van der Waals surface area contributed by atoms with Gasteiger partial charge in [-0.1, -0.05) is 13.8 Å². The SMILES string of the molecule is Cc1cc(S(N)(=O)=O)ccc1OCC(=O)NC(C)C(C)C. The first-order chi connectivity index (χ1) is 9.61. The maximum Gasteiger partial charge on any atom is 0.258 e. The zero-order chi connectivity index (χ0) is 16.2. The minimum absolute atomic E-state index is 0.0187. The van der Waals surface area contributed by atoms with Crippen LogP contribution in [0.5, 0.6) is 5.75 Å². The number of amides is 1. The van der Waals surface area contributed by atoms with Gasteiger partial charge in [0.05, 0.1) is 4.90 Å². The number of carbonyl (C=O) groups excluding carboxylic acids is 1. The van der Waals surface area contributed by atoms with E-state index in [9.17, 15) is 13.2 Å². The molecule has 0 radical (unpaired) electrons. The molecule has 0 spiro atoms. The van der Waals surface area contributed by atoms with Crippen LogP contribution < -0.4 is 15.2 Å². The van der Waals surface area contributed by atoms with E-state index in [1.54, 1.807) is 6.92 Å². The molecule has 0 saturated heterocycles. The topological polar surface area (TPSA) is 98.5 Å². The van der Waals surface area contributed by atoms with Crippen LogP contribution in [0.3, 0.4) is 0 Å². The smallest absolute Gasteiger partial charge is 0.258 e. The standard InChI is InChI=1S/C14H22N2O4S/c1-9(2)11(4)16-14(17)8-20-13-6-5-12(7-10(13)3)21(15,18)19/h5-7,9,11H,8H2,1-4H3,(H,16,17)(H2,15,18,19). The molecule has 1 rings (SSSR count). The molecule has 7 heteroatoms. The molecule has 0 aromatic heterocycles. The van der Waals surface area contributed by atoms with Gasteiger partial charge < -0.3 is 10.1 Å². The van der Waals surface area contributed by atoms with Gasteiger partial charge in [0.1, 0.15) is 5.75 Å². The third-order valence-electron chi connectivity index (χ3n) is 3.22. The third kappa shape index (κ3) is 5.35. The fourth-order valence-electron chi connectivity index (χ4n) is 1.57. The molecule has 1 aromatic carbocycles. The summed E-state index contributed by atoms with van der Waals surface area (Å²) in [6, 6.07) is 4.33. The second kappa shape index (κ2) is 6.91. The summed E-state index contributed by atoms with van der Waals surface area (Å²) in [6.07, 6.45) is 0. The number of primary sulfonamides is 1. The lowest BCUT2D eigenvalue weighted by atomic mass is 10.1. The molecule has 1 amide bonds. The Morgan fingerprint density at radius 1 is 1.33 bits per heavy atom. The van der Waals surface area contributed by atoms with Crippen LogP contribution in [0.1, 0.15) is 26.3 Å². The van der Waals surface area contributed by atoms with Crippen molar-refractivity contribution in [2.24, 2.45) is 11.1 Å². The number of carbonyl (C=O) groups is 1. The Hall–Kier alpha value is -1.60. The van der Waals surface area contributed by atoms with Gasteiger partial charge in [0.2, 0.25) is 10.0 Å². The molecule has 0 fully saturated rings. The van der Waals surface area contributed by atoms with Crippen LogP contribution in [0, 0.1) is 12.8 Å². The van der Waals surface area contributed by atoms with Gasteiger partial charge in [0.25, 0.3) is 5.91 Å². The average Bonchev–Trinajstić information content (AvgIpc) is 2.35. The third-order valence-corrected chi connectivity index (χ3v) is 4.13. The van der Waals surface area contributed by atoms with Crippen LogP contribution in [-0.4, -0.2) is 27.0 Å². The molecule has 0 aliphatic rings. The minimum Gasteiger partial charge on any atom is -0.484 e. The van der Waals surface area contributed by atoms with Gasteiger partial charge in [-0.15, -0.1) is 0 Å². The molecular weight excluding hydrogens is 292 g/mol. The molecule has 0 aliphatic heterocycles. The monoisotopic (exact) mass is 314 g/mol. The van der Waals surface area contributed by atoms with Gasteiger partial charge in [0.15, 0.2) is 6.61 Å². The quantitative estimate of drug-likeness (QED) is 0.823. The van der Waals surface area contributed by atoms with Crippen molar-refractivity contribution in [1.29, 1.82) is 0 Å². The number of hydrogen-bond acceptors (Lipinski definition) is 4. The maximum atomic E-state index is 11.7. The lowest BCUT2D eigenvalue weighted by Gasteiger charge is -2.17. The van der Waals surface area contributed by atoms with Gasteiger partial charge >= 0.3 is 0 Å². The van der Waals surface area contributed by atoms with E-state index in [4.69, 9.17) is 9.88 Å². The van der Waals surface area contributed by atoms with Crippen LogP contribution in [-0.2, 0) is 14.8 Å². The summed E-state index contributed by atoms with van der Waals surface area (Å²) < 4.78 is 27.8. The zero-order valence-corrected chi connectivity index (χ0v) is 13.5. The Morgan fingerprint density at radius 3 is 2.43 bits per heavy atom.